The van der Waals surface area contributed by atoms with Gasteiger partial charge in [0.15, 0.2) is 5.16 Å². The van der Waals surface area contributed by atoms with Crippen LogP contribution in [0.5, 0.6) is 0 Å². The van der Waals surface area contributed by atoms with E-state index in [0.717, 1.165) is 65.8 Å². The molecule has 0 saturated heterocycles. The molecule has 2 heterocycles. The van der Waals surface area contributed by atoms with E-state index in [9.17, 15) is 4.79 Å². The Morgan fingerprint density at radius 1 is 1.12 bits per heavy atom. The number of rotatable bonds is 10. The molecule has 1 N–H and O–H groups in total. The van der Waals surface area contributed by atoms with E-state index in [0.29, 0.717) is 5.56 Å². The standard InChI is InChI=1S/C26H34N4OS/c1-2-3-7-15-28-25(31)22-12-10-20(11-13-22)18-30-24-17-27-16-14-23(24)29-26(30)32-19-21-8-5-4-6-9-21/h10-14,16-17,21H,2-9,15,18-19H2,1H3,(H,28,31). The molecule has 6 heteroatoms. The van der Waals surface area contributed by atoms with Gasteiger partial charge in [-0.3, -0.25) is 9.78 Å². The van der Waals surface area contributed by atoms with E-state index < -0.39 is 0 Å². The number of pyridine rings is 1. The molecule has 2 aromatic heterocycles. The summed E-state index contributed by atoms with van der Waals surface area (Å²) in [6.45, 7) is 3.64. The SMILES string of the molecule is CCCCCNC(=O)c1ccc(Cn2c(SCC3CCCCC3)nc3ccncc32)cc1. The Balaban J connectivity index is 1.45. The fraction of sp³-hybridized carbons (Fsp3) is 0.500. The summed E-state index contributed by atoms with van der Waals surface area (Å²) in [4.78, 5) is 21.6. The molecule has 0 radical (unpaired) electrons. The van der Waals surface area contributed by atoms with Gasteiger partial charge in [-0.15, -0.1) is 0 Å². The molecule has 1 amide bonds. The molecule has 3 aromatic rings. The van der Waals surface area contributed by atoms with Gasteiger partial charge in [0, 0.05) is 24.1 Å². The van der Waals surface area contributed by atoms with Gasteiger partial charge >= 0.3 is 0 Å². The summed E-state index contributed by atoms with van der Waals surface area (Å²) in [6.07, 6.45) is 13.9. The van der Waals surface area contributed by atoms with Crippen molar-refractivity contribution < 1.29 is 4.79 Å². The lowest BCUT2D eigenvalue weighted by Gasteiger charge is -2.21. The zero-order chi connectivity index (χ0) is 22.2. The van der Waals surface area contributed by atoms with Crippen LogP contribution in [0.1, 0.15) is 74.2 Å². The summed E-state index contributed by atoms with van der Waals surface area (Å²) in [6, 6.07) is 9.95. The second kappa shape index (κ2) is 11.5. The highest BCUT2D eigenvalue weighted by atomic mass is 32.2. The zero-order valence-corrected chi connectivity index (χ0v) is 19.9. The van der Waals surface area contributed by atoms with Crippen molar-refractivity contribution in [1.29, 1.82) is 0 Å². The lowest BCUT2D eigenvalue weighted by molar-refractivity contribution is 0.0953. The number of benzene rings is 1. The molecule has 0 atom stereocenters. The number of fused-ring (bicyclic) bond motifs is 1. The highest BCUT2D eigenvalue weighted by molar-refractivity contribution is 7.99. The van der Waals surface area contributed by atoms with E-state index in [2.05, 4.69) is 33.9 Å². The van der Waals surface area contributed by atoms with Crippen LogP contribution in [-0.2, 0) is 6.54 Å². The summed E-state index contributed by atoms with van der Waals surface area (Å²) in [5.41, 5.74) is 3.94. The van der Waals surface area contributed by atoms with Crippen LogP contribution < -0.4 is 5.32 Å². The number of unbranched alkanes of at least 4 members (excludes halogenated alkanes) is 2. The van der Waals surface area contributed by atoms with E-state index in [1.165, 1.54) is 32.1 Å². The molecule has 5 nitrogen and oxygen atoms in total. The molecular weight excluding hydrogens is 416 g/mol. The molecule has 1 saturated carbocycles. The Morgan fingerprint density at radius 2 is 1.94 bits per heavy atom. The van der Waals surface area contributed by atoms with Crippen molar-refractivity contribution in [3.8, 4) is 0 Å². The number of aromatic nitrogens is 3. The van der Waals surface area contributed by atoms with Gasteiger partial charge in [0.1, 0.15) is 0 Å². The maximum absolute atomic E-state index is 12.4. The van der Waals surface area contributed by atoms with Gasteiger partial charge in [-0.05, 0) is 48.9 Å². The third-order valence-electron chi connectivity index (χ3n) is 6.31. The number of carbonyl (C=O) groups excluding carboxylic acids is 1. The van der Waals surface area contributed by atoms with Gasteiger partial charge in [-0.25, -0.2) is 4.98 Å². The van der Waals surface area contributed by atoms with Crippen molar-refractivity contribution in [2.75, 3.05) is 12.3 Å². The first kappa shape index (κ1) is 22.8. The molecule has 0 bridgehead atoms. The van der Waals surface area contributed by atoms with Crippen LogP contribution in [-0.4, -0.2) is 32.7 Å². The molecule has 1 fully saturated rings. The fourth-order valence-electron chi connectivity index (χ4n) is 4.38. The lowest BCUT2D eigenvalue weighted by Crippen LogP contribution is -2.24. The van der Waals surface area contributed by atoms with Gasteiger partial charge in [0.25, 0.3) is 5.91 Å². The van der Waals surface area contributed by atoms with Gasteiger partial charge < -0.3 is 9.88 Å². The third kappa shape index (κ3) is 5.91. The quantitative estimate of drug-likeness (QED) is 0.301. The van der Waals surface area contributed by atoms with Crippen LogP contribution in [0.15, 0.2) is 47.9 Å². The molecule has 0 unspecified atom stereocenters. The first-order valence-electron chi connectivity index (χ1n) is 12.0. The predicted octanol–water partition coefficient (Wildman–Crippen LogP) is 6.07. The van der Waals surface area contributed by atoms with Crippen molar-refractivity contribution in [3.05, 3.63) is 53.9 Å². The van der Waals surface area contributed by atoms with Crippen molar-refractivity contribution >= 4 is 28.7 Å². The second-order valence-corrected chi connectivity index (χ2v) is 9.81. The van der Waals surface area contributed by atoms with E-state index >= 15 is 0 Å². The zero-order valence-electron chi connectivity index (χ0n) is 19.1. The highest BCUT2D eigenvalue weighted by Crippen LogP contribution is 2.31. The normalized spacial score (nSPS) is 14.7. The molecule has 4 rings (SSSR count). The Bertz CT molecular complexity index is 1010. The molecule has 170 valence electrons. The summed E-state index contributed by atoms with van der Waals surface area (Å²) < 4.78 is 2.27. The number of imidazole rings is 1. The average molecular weight is 451 g/mol. The number of nitrogens with one attached hydrogen (secondary N) is 1. The molecule has 1 aromatic carbocycles. The number of hydrogen-bond donors (Lipinski definition) is 1. The van der Waals surface area contributed by atoms with Gasteiger partial charge in [0.05, 0.1) is 23.8 Å². The summed E-state index contributed by atoms with van der Waals surface area (Å²) in [7, 11) is 0. The Morgan fingerprint density at radius 3 is 2.72 bits per heavy atom. The number of nitrogens with zero attached hydrogens (tertiary/aromatic N) is 3. The number of amides is 1. The third-order valence-corrected chi connectivity index (χ3v) is 7.52. The molecule has 1 aliphatic carbocycles. The smallest absolute Gasteiger partial charge is 0.251 e. The highest BCUT2D eigenvalue weighted by Gasteiger charge is 2.17. The maximum atomic E-state index is 12.4. The van der Waals surface area contributed by atoms with E-state index in [4.69, 9.17) is 4.98 Å². The van der Waals surface area contributed by atoms with Crippen LogP contribution in [0, 0.1) is 5.92 Å². The molecule has 32 heavy (non-hydrogen) atoms. The summed E-state index contributed by atoms with van der Waals surface area (Å²) in [5, 5.41) is 4.08. The van der Waals surface area contributed by atoms with E-state index in [-0.39, 0.29) is 5.91 Å². The topological polar surface area (TPSA) is 59.8 Å². The second-order valence-electron chi connectivity index (χ2n) is 8.82. The van der Waals surface area contributed by atoms with Crippen LogP contribution in [0.25, 0.3) is 11.0 Å². The average Bonchev–Trinajstić information content (AvgIpc) is 3.19. The number of thioether (sulfide) groups is 1. The van der Waals surface area contributed by atoms with Crippen LogP contribution in [0.4, 0.5) is 0 Å². The van der Waals surface area contributed by atoms with E-state index in [1.54, 1.807) is 0 Å². The molecule has 0 aliphatic heterocycles. The number of carbonyl (C=O) groups is 1. The van der Waals surface area contributed by atoms with Crippen molar-refractivity contribution in [3.63, 3.8) is 0 Å². The van der Waals surface area contributed by atoms with Crippen LogP contribution in [0.3, 0.4) is 0 Å². The first-order chi connectivity index (χ1) is 15.7. The molecule has 0 spiro atoms. The largest absolute Gasteiger partial charge is 0.352 e. The Kier molecular flexibility index (Phi) is 8.21. The van der Waals surface area contributed by atoms with Crippen molar-refractivity contribution in [1.82, 2.24) is 19.9 Å². The van der Waals surface area contributed by atoms with Crippen LogP contribution in [0.2, 0.25) is 0 Å². The predicted molar refractivity (Wildman–Crippen MR) is 132 cm³/mol. The Hall–Kier alpha value is -2.34. The minimum Gasteiger partial charge on any atom is -0.352 e. The van der Waals surface area contributed by atoms with Crippen LogP contribution >= 0.6 is 11.8 Å². The lowest BCUT2D eigenvalue weighted by atomic mass is 9.91. The van der Waals surface area contributed by atoms with E-state index in [1.807, 2.05) is 42.4 Å². The Labute approximate surface area is 195 Å². The maximum Gasteiger partial charge on any atom is 0.251 e. The number of hydrogen-bond acceptors (Lipinski definition) is 4. The minimum atomic E-state index is 0.00802. The summed E-state index contributed by atoms with van der Waals surface area (Å²) >= 11 is 1.88. The monoisotopic (exact) mass is 450 g/mol. The van der Waals surface area contributed by atoms with Crippen molar-refractivity contribution in [2.45, 2.75) is 70.0 Å². The molecular formula is C26H34N4OS. The minimum absolute atomic E-state index is 0.00802. The van der Waals surface area contributed by atoms with Gasteiger partial charge in [-0.2, -0.15) is 0 Å². The first-order valence-corrected chi connectivity index (χ1v) is 13.0. The van der Waals surface area contributed by atoms with Crippen molar-refractivity contribution in [2.24, 2.45) is 5.92 Å². The summed E-state index contributed by atoms with van der Waals surface area (Å²) in [5.74, 6) is 1.94. The fourth-order valence-corrected chi connectivity index (χ4v) is 5.58. The molecule has 1 aliphatic rings. The van der Waals surface area contributed by atoms with Gasteiger partial charge in [0.2, 0.25) is 0 Å². The van der Waals surface area contributed by atoms with Gasteiger partial charge in [-0.1, -0.05) is 62.9 Å².